The number of methoxy groups -OCH3 is 1. The number of hydrogen-bond acceptors (Lipinski definition) is 2. The molecule has 0 amide bonds. The molecule has 5 heavy (non-hydrogen) atoms. The summed E-state index contributed by atoms with van der Waals surface area (Å²) < 4.78 is 3.86. The maximum absolute atomic E-state index is 8.95. The van der Waals surface area contributed by atoms with Gasteiger partial charge in [-0.2, -0.15) is 0 Å². The predicted molar refractivity (Wildman–Crippen MR) is 14.2 cm³/mol. The van der Waals surface area contributed by atoms with Gasteiger partial charge >= 0.3 is 29.6 Å². The summed E-state index contributed by atoms with van der Waals surface area (Å²) >= 11 is 0. The van der Waals surface area contributed by atoms with E-state index in [1.165, 1.54) is 7.11 Å². The minimum Gasteiger partial charge on any atom is -1.00 e. The Labute approximate surface area is 54.3 Å². The van der Waals surface area contributed by atoms with Crippen molar-refractivity contribution in [2.24, 2.45) is 0 Å². The Balaban J connectivity index is -0.0000000450. The first-order valence-electron chi connectivity index (χ1n) is 0.880. The second-order valence-corrected chi connectivity index (χ2v) is 0.332. The van der Waals surface area contributed by atoms with Crippen LogP contribution in [0.5, 0.6) is 0 Å². The van der Waals surface area contributed by atoms with Crippen LogP contribution in [0.3, 0.4) is 0 Å². The third kappa shape index (κ3) is 12.6. The molecular weight excluding hydrogens is 79.0 g/mol. The van der Waals surface area contributed by atoms with Crippen molar-refractivity contribution >= 4 is 6.47 Å². The van der Waals surface area contributed by atoms with Crippen molar-refractivity contribution < 1.29 is 40.5 Å². The molecule has 0 heterocycles. The van der Waals surface area contributed by atoms with E-state index in [0.29, 0.717) is 6.47 Å². The van der Waals surface area contributed by atoms with Crippen molar-refractivity contribution in [3.63, 3.8) is 0 Å². The first-order valence-corrected chi connectivity index (χ1v) is 0.880. The molecule has 0 N–H and O–H groups in total. The summed E-state index contributed by atoms with van der Waals surface area (Å²) in [6.07, 6.45) is 0. The summed E-state index contributed by atoms with van der Waals surface area (Å²) in [6.45, 7) is 0.375. The van der Waals surface area contributed by atoms with E-state index in [9.17, 15) is 0 Å². The summed E-state index contributed by atoms with van der Waals surface area (Å²) in [6, 6.07) is 0. The SMILES string of the molecule is COC=O.[H-].[Na+]. The van der Waals surface area contributed by atoms with Gasteiger partial charge in [-0.1, -0.05) is 0 Å². The summed E-state index contributed by atoms with van der Waals surface area (Å²) in [5.74, 6) is 0. The normalized spacial score (nSPS) is 4.20. The second kappa shape index (κ2) is 8.82. The van der Waals surface area contributed by atoms with Crippen LogP contribution in [0.15, 0.2) is 0 Å². The standard InChI is InChI=1S/C2H4O2.Na.H/c1-4-2-3;;/h2H,1H3;;/q;+1;-1. The van der Waals surface area contributed by atoms with Gasteiger partial charge in [0.25, 0.3) is 6.47 Å². The van der Waals surface area contributed by atoms with Gasteiger partial charge in [0.15, 0.2) is 0 Å². The van der Waals surface area contributed by atoms with Gasteiger partial charge in [-0.25, -0.2) is 0 Å². The maximum Gasteiger partial charge on any atom is 1.00 e. The minimum absolute atomic E-state index is 0. The van der Waals surface area contributed by atoms with Crippen molar-refractivity contribution in [2.75, 3.05) is 7.11 Å². The molecule has 0 aliphatic carbocycles. The zero-order valence-electron chi connectivity index (χ0n) is 4.39. The Kier molecular flexibility index (Phi) is 16.0. The largest absolute Gasteiger partial charge is 1.00 e. The zero-order valence-corrected chi connectivity index (χ0v) is 5.39. The first kappa shape index (κ1) is 9.08. The molecule has 0 aromatic carbocycles. The average molecular weight is 84.1 g/mol. The van der Waals surface area contributed by atoms with Crippen molar-refractivity contribution in [2.45, 2.75) is 0 Å². The van der Waals surface area contributed by atoms with Crippen LogP contribution < -0.4 is 29.6 Å². The van der Waals surface area contributed by atoms with E-state index >= 15 is 0 Å². The van der Waals surface area contributed by atoms with Crippen LogP contribution in [-0.4, -0.2) is 13.6 Å². The molecule has 0 aromatic rings. The van der Waals surface area contributed by atoms with Crippen molar-refractivity contribution in [1.29, 1.82) is 0 Å². The van der Waals surface area contributed by atoms with Crippen LogP contribution >= 0.6 is 0 Å². The Bertz CT molecular complexity index is 25.5. The molecule has 2 nitrogen and oxygen atoms in total. The molecular formula is C2H5NaO2. The molecule has 0 saturated carbocycles. The molecule has 0 aliphatic heterocycles. The summed E-state index contributed by atoms with van der Waals surface area (Å²) in [5.41, 5.74) is 0. The van der Waals surface area contributed by atoms with E-state index in [2.05, 4.69) is 4.74 Å². The van der Waals surface area contributed by atoms with E-state index in [4.69, 9.17) is 4.79 Å². The van der Waals surface area contributed by atoms with Crippen molar-refractivity contribution in [3.05, 3.63) is 0 Å². The molecule has 0 rings (SSSR count). The van der Waals surface area contributed by atoms with Crippen LogP contribution in [0.2, 0.25) is 0 Å². The molecule has 0 spiro atoms. The van der Waals surface area contributed by atoms with E-state index in [1.807, 2.05) is 0 Å². The van der Waals surface area contributed by atoms with E-state index in [1.54, 1.807) is 0 Å². The van der Waals surface area contributed by atoms with Crippen LogP contribution in [-0.2, 0) is 9.53 Å². The summed E-state index contributed by atoms with van der Waals surface area (Å²) in [7, 11) is 1.31. The zero-order chi connectivity index (χ0) is 3.41. The monoisotopic (exact) mass is 84.0 g/mol. The smallest absolute Gasteiger partial charge is 1.00 e. The fraction of sp³-hybridized carbons (Fsp3) is 0.500. The number of carbonyl (C=O) groups excluding carboxylic acids is 1. The van der Waals surface area contributed by atoms with Gasteiger partial charge in [-0.3, -0.25) is 4.79 Å². The number of carbonyl (C=O) groups is 1. The van der Waals surface area contributed by atoms with E-state index in [-0.39, 0.29) is 31.0 Å². The minimum atomic E-state index is 0. The van der Waals surface area contributed by atoms with Crippen LogP contribution in [0.1, 0.15) is 1.43 Å². The molecule has 0 atom stereocenters. The second-order valence-electron chi connectivity index (χ2n) is 0.332. The molecule has 0 fully saturated rings. The van der Waals surface area contributed by atoms with Gasteiger partial charge < -0.3 is 6.16 Å². The Hall–Kier alpha value is 0.470. The van der Waals surface area contributed by atoms with E-state index in [0.717, 1.165) is 0 Å². The molecule has 3 heteroatoms. The summed E-state index contributed by atoms with van der Waals surface area (Å²) in [4.78, 5) is 8.95. The Morgan fingerprint density at radius 1 is 2.00 bits per heavy atom. The van der Waals surface area contributed by atoms with Crippen molar-refractivity contribution in [3.8, 4) is 0 Å². The number of ether oxygens (including phenoxy) is 1. The number of rotatable bonds is 1. The van der Waals surface area contributed by atoms with Crippen LogP contribution in [0.4, 0.5) is 0 Å². The first-order chi connectivity index (χ1) is 1.91. The van der Waals surface area contributed by atoms with E-state index < -0.39 is 0 Å². The van der Waals surface area contributed by atoms with Gasteiger partial charge in [0, 0.05) is 0 Å². The molecule has 26 valence electrons. The molecule has 0 saturated heterocycles. The maximum atomic E-state index is 8.95. The van der Waals surface area contributed by atoms with Gasteiger partial charge in [0.2, 0.25) is 0 Å². The van der Waals surface area contributed by atoms with Crippen molar-refractivity contribution in [1.82, 2.24) is 0 Å². The number of hydrogen-bond donors (Lipinski definition) is 0. The summed E-state index contributed by atoms with van der Waals surface area (Å²) in [5, 5.41) is 0. The molecule has 0 aliphatic rings. The third-order valence-corrected chi connectivity index (χ3v) is 0.0962. The Morgan fingerprint density at radius 3 is 2.20 bits per heavy atom. The van der Waals surface area contributed by atoms with Gasteiger partial charge in [-0.15, -0.1) is 0 Å². The fourth-order valence-electron chi connectivity index (χ4n) is 0. The van der Waals surface area contributed by atoms with Gasteiger partial charge in [0.1, 0.15) is 0 Å². The average Bonchev–Trinajstić information content (AvgIpc) is 1.37. The fourth-order valence-corrected chi connectivity index (χ4v) is 0. The Morgan fingerprint density at radius 2 is 2.20 bits per heavy atom. The predicted octanol–water partition coefficient (Wildman–Crippen LogP) is -3.09. The van der Waals surface area contributed by atoms with Gasteiger partial charge in [0.05, 0.1) is 7.11 Å². The van der Waals surface area contributed by atoms with Crippen LogP contribution in [0, 0.1) is 0 Å². The van der Waals surface area contributed by atoms with Gasteiger partial charge in [-0.05, 0) is 0 Å². The topological polar surface area (TPSA) is 26.3 Å². The molecule has 0 aromatic heterocycles. The third-order valence-electron chi connectivity index (χ3n) is 0.0962. The quantitative estimate of drug-likeness (QED) is 0.248. The molecule has 0 bridgehead atoms. The van der Waals surface area contributed by atoms with Crippen LogP contribution in [0.25, 0.3) is 0 Å². The molecule has 0 unspecified atom stereocenters. The molecule has 0 radical (unpaired) electrons.